The molecule has 1 aliphatic rings. The Morgan fingerprint density at radius 2 is 2.00 bits per heavy atom. The van der Waals surface area contributed by atoms with Crippen molar-refractivity contribution in [2.75, 3.05) is 13.6 Å². The molecule has 1 saturated carbocycles. The summed E-state index contributed by atoms with van der Waals surface area (Å²) in [6, 6.07) is 3.71. The van der Waals surface area contributed by atoms with Gasteiger partial charge in [0.2, 0.25) is 11.8 Å². The predicted octanol–water partition coefficient (Wildman–Crippen LogP) is 1.74. The molecule has 1 fully saturated rings. The maximum atomic E-state index is 12.4. The Hall–Kier alpha value is -1.91. The SMILES string of the molecule is CCCCN(C)C(=O)C1(C(=O)NCc2ccncc2)CC1. The number of amides is 2. The third-order valence-corrected chi connectivity index (χ3v) is 3.99. The summed E-state index contributed by atoms with van der Waals surface area (Å²) in [5.74, 6) is -0.184. The van der Waals surface area contributed by atoms with Gasteiger partial charge >= 0.3 is 0 Å². The molecule has 1 N–H and O–H groups in total. The van der Waals surface area contributed by atoms with Crippen molar-refractivity contribution in [1.82, 2.24) is 15.2 Å². The summed E-state index contributed by atoms with van der Waals surface area (Å²) in [5, 5.41) is 2.88. The number of unbranched alkanes of at least 4 members (excludes halogenated alkanes) is 1. The van der Waals surface area contributed by atoms with E-state index >= 15 is 0 Å². The minimum absolute atomic E-state index is 0.0387. The number of nitrogens with zero attached hydrogens (tertiary/aromatic N) is 2. The van der Waals surface area contributed by atoms with E-state index < -0.39 is 5.41 Å². The largest absolute Gasteiger partial charge is 0.351 e. The van der Waals surface area contributed by atoms with E-state index in [-0.39, 0.29) is 11.8 Å². The standard InChI is InChI=1S/C16H23N3O2/c1-3-4-11-19(2)15(21)16(7-8-16)14(20)18-12-13-5-9-17-10-6-13/h5-6,9-10H,3-4,7-8,11-12H2,1-2H3,(H,18,20). The van der Waals surface area contributed by atoms with Crippen molar-refractivity contribution < 1.29 is 9.59 Å². The Morgan fingerprint density at radius 3 is 2.57 bits per heavy atom. The highest BCUT2D eigenvalue weighted by Gasteiger charge is 2.57. The Labute approximate surface area is 125 Å². The highest BCUT2D eigenvalue weighted by atomic mass is 16.2. The van der Waals surface area contributed by atoms with Crippen molar-refractivity contribution in [1.29, 1.82) is 0 Å². The topological polar surface area (TPSA) is 62.3 Å². The van der Waals surface area contributed by atoms with Crippen LogP contribution >= 0.6 is 0 Å². The molecular formula is C16H23N3O2. The first-order valence-corrected chi connectivity index (χ1v) is 7.53. The summed E-state index contributed by atoms with van der Waals surface area (Å²) < 4.78 is 0. The molecule has 1 heterocycles. The van der Waals surface area contributed by atoms with Gasteiger partial charge in [-0.3, -0.25) is 14.6 Å². The molecule has 0 radical (unpaired) electrons. The lowest BCUT2D eigenvalue weighted by Gasteiger charge is -2.23. The van der Waals surface area contributed by atoms with Gasteiger partial charge < -0.3 is 10.2 Å². The maximum absolute atomic E-state index is 12.4. The molecule has 21 heavy (non-hydrogen) atoms. The molecule has 114 valence electrons. The van der Waals surface area contributed by atoms with Crippen LogP contribution in [0.15, 0.2) is 24.5 Å². The predicted molar refractivity (Wildman–Crippen MR) is 80.3 cm³/mol. The quantitative estimate of drug-likeness (QED) is 0.778. The van der Waals surface area contributed by atoms with Crippen LogP contribution in [0.4, 0.5) is 0 Å². The highest BCUT2D eigenvalue weighted by Crippen LogP contribution is 2.47. The molecule has 1 aliphatic carbocycles. The maximum Gasteiger partial charge on any atom is 0.238 e. The molecule has 0 aromatic carbocycles. The molecule has 0 bridgehead atoms. The van der Waals surface area contributed by atoms with Crippen LogP contribution in [0.25, 0.3) is 0 Å². The monoisotopic (exact) mass is 289 g/mol. The molecule has 5 nitrogen and oxygen atoms in total. The first-order valence-electron chi connectivity index (χ1n) is 7.53. The van der Waals surface area contributed by atoms with Crippen molar-refractivity contribution in [2.24, 2.45) is 5.41 Å². The molecule has 0 aliphatic heterocycles. The Bertz CT molecular complexity index is 498. The molecule has 0 spiro atoms. The molecular weight excluding hydrogens is 266 g/mol. The lowest BCUT2D eigenvalue weighted by molar-refractivity contribution is -0.143. The van der Waals surface area contributed by atoms with Gasteiger partial charge in [0, 0.05) is 32.5 Å². The fraction of sp³-hybridized carbons (Fsp3) is 0.562. The second-order valence-electron chi connectivity index (χ2n) is 5.70. The van der Waals surface area contributed by atoms with E-state index in [1.807, 2.05) is 12.1 Å². The van der Waals surface area contributed by atoms with Crippen molar-refractivity contribution in [3.8, 4) is 0 Å². The van der Waals surface area contributed by atoms with Gasteiger partial charge in [-0.2, -0.15) is 0 Å². The van der Waals surface area contributed by atoms with E-state index in [1.165, 1.54) is 0 Å². The van der Waals surface area contributed by atoms with Crippen LogP contribution in [0.2, 0.25) is 0 Å². The van der Waals surface area contributed by atoms with Gasteiger partial charge in [0.05, 0.1) is 0 Å². The summed E-state index contributed by atoms with van der Waals surface area (Å²) in [6.45, 7) is 3.25. The third kappa shape index (κ3) is 3.60. The molecule has 2 amide bonds. The van der Waals surface area contributed by atoms with Crippen LogP contribution in [-0.4, -0.2) is 35.3 Å². The Kier molecular flexibility index (Phi) is 4.94. The van der Waals surface area contributed by atoms with Gasteiger partial charge in [0.15, 0.2) is 0 Å². The van der Waals surface area contributed by atoms with Crippen molar-refractivity contribution >= 4 is 11.8 Å². The Morgan fingerprint density at radius 1 is 1.33 bits per heavy atom. The van der Waals surface area contributed by atoms with Crippen LogP contribution < -0.4 is 5.32 Å². The first kappa shape index (κ1) is 15.5. The van der Waals surface area contributed by atoms with E-state index in [2.05, 4.69) is 17.2 Å². The zero-order chi connectivity index (χ0) is 15.3. The molecule has 2 rings (SSSR count). The summed E-state index contributed by atoms with van der Waals surface area (Å²) in [4.78, 5) is 30.4. The number of carbonyl (C=O) groups excluding carboxylic acids is 2. The molecule has 0 atom stereocenters. The average Bonchev–Trinajstić information content (AvgIpc) is 3.32. The number of aromatic nitrogens is 1. The lowest BCUT2D eigenvalue weighted by atomic mass is 10.0. The summed E-state index contributed by atoms with van der Waals surface area (Å²) in [5.41, 5.74) is 0.177. The number of carbonyl (C=O) groups is 2. The molecule has 0 unspecified atom stereocenters. The zero-order valence-electron chi connectivity index (χ0n) is 12.8. The number of pyridine rings is 1. The zero-order valence-corrected chi connectivity index (χ0v) is 12.8. The molecule has 0 saturated heterocycles. The highest BCUT2D eigenvalue weighted by molar-refractivity contribution is 6.07. The second kappa shape index (κ2) is 6.70. The van der Waals surface area contributed by atoms with Gasteiger partial charge in [0.1, 0.15) is 5.41 Å². The van der Waals surface area contributed by atoms with Gasteiger partial charge in [-0.15, -0.1) is 0 Å². The van der Waals surface area contributed by atoms with Crippen molar-refractivity contribution in [3.63, 3.8) is 0 Å². The van der Waals surface area contributed by atoms with Gasteiger partial charge in [-0.05, 0) is 37.0 Å². The van der Waals surface area contributed by atoms with Crippen LogP contribution in [0, 0.1) is 5.41 Å². The summed E-state index contributed by atoms with van der Waals surface area (Å²) in [7, 11) is 1.79. The van der Waals surface area contributed by atoms with Crippen molar-refractivity contribution in [2.45, 2.75) is 39.2 Å². The molecule has 5 heteroatoms. The normalized spacial score (nSPS) is 15.3. The smallest absolute Gasteiger partial charge is 0.238 e. The lowest BCUT2D eigenvalue weighted by Crippen LogP contribution is -2.43. The van der Waals surface area contributed by atoms with Gasteiger partial charge in [0.25, 0.3) is 0 Å². The summed E-state index contributed by atoms with van der Waals surface area (Å²) in [6.07, 6.45) is 6.71. The fourth-order valence-corrected chi connectivity index (χ4v) is 2.38. The molecule has 1 aromatic rings. The van der Waals surface area contributed by atoms with Gasteiger partial charge in [-0.1, -0.05) is 13.3 Å². The number of nitrogens with one attached hydrogen (secondary N) is 1. The number of hydrogen-bond donors (Lipinski definition) is 1. The minimum Gasteiger partial charge on any atom is -0.351 e. The second-order valence-corrected chi connectivity index (χ2v) is 5.70. The summed E-state index contributed by atoms with van der Waals surface area (Å²) >= 11 is 0. The van der Waals surface area contributed by atoms with E-state index in [1.54, 1.807) is 24.3 Å². The first-order chi connectivity index (χ1) is 10.1. The number of rotatable bonds is 7. The molecule has 1 aromatic heterocycles. The van der Waals surface area contributed by atoms with Crippen molar-refractivity contribution in [3.05, 3.63) is 30.1 Å². The van der Waals surface area contributed by atoms with Crippen LogP contribution in [0.3, 0.4) is 0 Å². The minimum atomic E-state index is -0.810. The number of hydrogen-bond acceptors (Lipinski definition) is 3. The Balaban J connectivity index is 1.90. The van der Waals surface area contributed by atoms with E-state index in [0.29, 0.717) is 25.9 Å². The van der Waals surface area contributed by atoms with Crippen LogP contribution in [0.1, 0.15) is 38.2 Å². The average molecular weight is 289 g/mol. The van der Waals surface area contributed by atoms with Gasteiger partial charge in [-0.25, -0.2) is 0 Å². The van der Waals surface area contributed by atoms with E-state index in [9.17, 15) is 9.59 Å². The van der Waals surface area contributed by atoms with E-state index in [4.69, 9.17) is 0 Å². The fourth-order valence-electron chi connectivity index (χ4n) is 2.38. The van der Waals surface area contributed by atoms with Crippen LogP contribution in [0.5, 0.6) is 0 Å². The van der Waals surface area contributed by atoms with Crippen LogP contribution in [-0.2, 0) is 16.1 Å². The third-order valence-electron chi connectivity index (χ3n) is 3.99. The van der Waals surface area contributed by atoms with E-state index in [0.717, 1.165) is 18.4 Å².